The van der Waals surface area contributed by atoms with E-state index in [1.807, 2.05) is 0 Å². The molecule has 1 amide bonds. The van der Waals surface area contributed by atoms with Gasteiger partial charge in [0.1, 0.15) is 0 Å². The van der Waals surface area contributed by atoms with Crippen molar-refractivity contribution in [3.05, 3.63) is 47.3 Å². The highest BCUT2D eigenvalue weighted by atomic mass is 32.2. The van der Waals surface area contributed by atoms with E-state index in [2.05, 4.69) is 10.0 Å². The molecular formula is C18H21FN2O4S. The molecule has 0 aromatic heterocycles. The number of hydrogen-bond donors (Lipinski definition) is 2. The zero-order chi connectivity index (χ0) is 19.5. The summed E-state index contributed by atoms with van der Waals surface area (Å²) in [5, 5.41) is 2.62. The maximum atomic E-state index is 13.9. The Balaban J connectivity index is 2.36. The molecule has 0 aliphatic carbocycles. The Morgan fingerprint density at radius 3 is 2.23 bits per heavy atom. The monoisotopic (exact) mass is 380 g/mol. The number of anilines is 2. The fourth-order valence-electron chi connectivity index (χ4n) is 2.69. The number of nitrogens with one attached hydrogen (secondary N) is 2. The third kappa shape index (κ3) is 4.51. The summed E-state index contributed by atoms with van der Waals surface area (Å²) in [5.41, 5.74) is 1.54. The second kappa shape index (κ2) is 7.74. The van der Waals surface area contributed by atoms with E-state index in [0.717, 1.165) is 6.07 Å². The smallest absolute Gasteiger partial charge is 0.262 e. The molecule has 0 saturated heterocycles. The summed E-state index contributed by atoms with van der Waals surface area (Å²) in [6.07, 6.45) is 0. The number of benzene rings is 2. The van der Waals surface area contributed by atoms with Gasteiger partial charge in [0, 0.05) is 18.7 Å². The number of amides is 1. The molecule has 2 rings (SSSR count). The predicted octanol–water partition coefficient (Wildman–Crippen LogP) is 3.60. The number of aryl methyl sites for hydroxylation is 2. The minimum absolute atomic E-state index is 0.0578. The predicted molar refractivity (Wildman–Crippen MR) is 98.6 cm³/mol. The van der Waals surface area contributed by atoms with Crippen LogP contribution in [-0.4, -0.2) is 20.9 Å². The molecule has 2 N–H and O–H groups in total. The van der Waals surface area contributed by atoms with Gasteiger partial charge in [-0.3, -0.25) is 9.52 Å². The molecule has 140 valence electrons. The Morgan fingerprint density at radius 1 is 1.12 bits per heavy atom. The Morgan fingerprint density at radius 2 is 1.73 bits per heavy atom. The lowest BCUT2D eigenvalue weighted by Gasteiger charge is -2.15. The number of halogens is 1. The normalized spacial score (nSPS) is 11.1. The SMILES string of the molecule is CCOc1ccc(NS(=O)(=O)c2c(C)cc(NC(C)=O)cc2C)cc1F. The summed E-state index contributed by atoms with van der Waals surface area (Å²) in [6, 6.07) is 7.01. The van der Waals surface area contributed by atoms with Crippen molar-refractivity contribution < 1.29 is 22.3 Å². The van der Waals surface area contributed by atoms with Gasteiger partial charge in [-0.15, -0.1) is 0 Å². The van der Waals surface area contributed by atoms with Gasteiger partial charge in [0.25, 0.3) is 10.0 Å². The lowest BCUT2D eigenvalue weighted by Crippen LogP contribution is -2.16. The maximum absolute atomic E-state index is 13.9. The van der Waals surface area contributed by atoms with Crippen LogP contribution in [0.2, 0.25) is 0 Å². The van der Waals surface area contributed by atoms with E-state index in [4.69, 9.17) is 4.74 Å². The molecule has 0 unspecified atom stereocenters. The number of rotatable bonds is 6. The van der Waals surface area contributed by atoms with Gasteiger partial charge in [0.05, 0.1) is 17.2 Å². The molecular weight excluding hydrogens is 359 g/mol. The van der Waals surface area contributed by atoms with Crippen LogP contribution in [0.3, 0.4) is 0 Å². The third-order valence-electron chi connectivity index (χ3n) is 3.53. The van der Waals surface area contributed by atoms with Crippen LogP contribution >= 0.6 is 0 Å². The molecule has 0 fully saturated rings. The first-order chi connectivity index (χ1) is 12.1. The first-order valence-corrected chi connectivity index (χ1v) is 9.46. The average molecular weight is 380 g/mol. The van der Waals surface area contributed by atoms with Crippen molar-refractivity contribution in [2.75, 3.05) is 16.6 Å². The molecule has 0 heterocycles. The number of carbonyl (C=O) groups excluding carboxylic acids is 1. The van der Waals surface area contributed by atoms with Gasteiger partial charge in [-0.2, -0.15) is 0 Å². The summed E-state index contributed by atoms with van der Waals surface area (Å²) in [6.45, 7) is 6.67. The molecule has 2 aromatic carbocycles. The fourth-order valence-corrected chi connectivity index (χ4v) is 4.20. The van der Waals surface area contributed by atoms with E-state index in [9.17, 15) is 17.6 Å². The van der Waals surface area contributed by atoms with Crippen molar-refractivity contribution in [1.29, 1.82) is 0 Å². The fraction of sp³-hybridized carbons (Fsp3) is 0.278. The van der Waals surface area contributed by atoms with Crippen molar-refractivity contribution in [3.8, 4) is 5.75 Å². The van der Waals surface area contributed by atoms with Crippen molar-refractivity contribution in [3.63, 3.8) is 0 Å². The van der Waals surface area contributed by atoms with E-state index in [0.29, 0.717) is 23.4 Å². The van der Waals surface area contributed by atoms with Crippen LogP contribution in [0.4, 0.5) is 15.8 Å². The Labute approximate surface area is 152 Å². The molecule has 0 radical (unpaired) electrons. The van der Waals surface area contributed by atoms with E-state index in [1.165, 1.54) is 19.1 Å². The molecule has 0 aliphatic heterocycles. The molecule has 2 aromatic rings. The van der Waals surface area contributed by atoms with E-state index in [1.54, 1.807) is 32.9 Å². The van der Waals surface area contributed by atoms with Gasteiger partial charge in [-0.25, -0.2) is 12.8 Å². The first kappa shape index (κ1) is 19.7. The summed E-state index contributed by atoms with van der Waals surface area (Å²) >= 11 is 0. The van der Waals surface area contributed by atoms with Crippen molar-refractivity contribution in [2.45, 2.75) is 32.6 Å². The van der Waals surface area contributed by atoms with E-state index < -0.39 is 15.8 Å². The molecule has 8 heteroatoms. The molecule has 0 bridgehead atoms. The van der Waals surface area contributed by atoms with Crippen LogP contribution in [-0.2, 0) is 14.8 Å². The molecule has 26 heavy (non-hydrogen) atoms. The van der Waals surface area contributed by atoms with Crippen molar-refractivity contribution >= 4 is 27.3 Å². The van der Waals surface area contributed by atoms with Crippen LogP contribution in [0, 0.1) is 19.7 Å². The lowest BCUT2D eigenvalue weighted by atomic mass is 10.1. The molecule has 0 aliphatic rings. The topological polar surface area (TPSA) is 84.5 Å². The molecule has 6 nitrogen and oxygen atoms in total. The van der Waals surface area contributed by atoms with E-state index >= 15 is 0 Å². The Hall–Kier alpha value is -2.61. The largest absolute Gasteiger partial charge is 0.491 e. The van der Waals surface area contributed by atoms with Gasteiger partial charge in [0.15, 0.2) is 11.6 Å². The second-order valence-corrected chi connectivity index (χ2v) is 7.42. The Kier molecular flexibility index (Phi) is 5.86. The highest BCUT2D eigenvalue weighted by molar-refractivity contribution is 7.92. The zero-order valence-electron chi connectivity index (χ0n) is 15.0. The quantitative estimate of drug-likeness (QED) is 0.802. The number of sulfonamides is 1. The Bertz CT molecular complexity index is 919. The highest BCUT2D eigenvalue weighted by Gasteiger charge is 2.21. The van der Waals surface area contributed by atoms with Gasteiger partial charge >= 0.3 is 0 Å². The maximum Gasteiger partial charge on any atom is 0.262 e. The standard InChI is InChI=1S/C18H21FN2O4S/c1-5-25-17-7-6-14(10-16(17)19)21-26(23,24)18-11(2)8-15(9-12(18)3)20-13(4)22/h6-10,21H,5H2,1-4H3,(H,20,22). The summed E-state index contributed by atoms with van der Waals surface area (Å²) in [4.78, 5) is 11.3. The minimum atomic E-state index is -3.93. The summed E-state index contributed by atoms with van der Waals surface area (Å²) in [7, 11) is -3.93. The van der Waals surface area contributed by atoms with Gasteiger partial charge < -0.3 is 10.1 Å². The van der Waals surface area contributed by atoms with Crippen LogP contribution in [0.15, 0.2) is 35.2 Å². The number of hydrogen-bond acceptors (Lipinski definition) is 4. The van der Waals surface area contributed by atoms with Crippen LogP contribution in [0.25, 0.3) is 0 Å². The van der Waals surface area contributed by atoms with Crippen LogP contribution in [0.5, 0.6) is 5.75 Å². The lowest BCUT2D eigenvalue weighted by molar-refractivity contribution is -0.114. The molecule has 0 atom stereocenters. The van der Waals surface area contributed by atoms with Crippen LogP contribution < -0.4 is 14.8 Å². The summed E-state index contributed by atoms with van der Waals surface area (Å²) < 4.78 is 46.9. The zero-order valence-corrected chi connectivity index (χ0v) is 15.8. The van der Waals surface area contributed by atoms with Gasteiger partial charge in [-0.1, -0.05) is 0 Å². The molecule has 0 spiro atoms. The van der Waals surface area contributed by atoms with Gasteiger partial charge in [0.2, 0.25) is 5.91 Å². The van der Waals surface area contributed by atoms with Gasteiger partial charge in [-0.05, 0) is 56.2 Å². The highest BCUT2D eigenvalue weighted by Crippen LogP contribution is 2.28. The third-order valence-corrected chi connectivity index (χ3v) is 5.22. The second-order valence-electron chi connectivity index (χ2n) is 5.80. The number of carbonyl (C=O) groups is 1. The first-order valence-electron chi connectivity index (χ1n) is 7.98. The summed E-state index contributed by atoms with van der Waals surface area (Å²) in [5.74, 6) is -0.841. The van der Waals surface area contributed by atoms with Crippen molar-refractivity contribution in [2.24, 2.45) is 0 Å². The van der Waals surface area contributed by atoms with Crippen LogP contribution in [0.1, 0.15) is 25.0 Å². The van der Waals surface area contributed by atoms with E-state index in [-0.39, 0.29) is 22.2 Å². The number of ether oxygens (including phenoxy) is 1. The molecule has 0 saturated carbocycles. The van der Waals surface area contributed by atoms with Crippen molar-refractivity contribution in [1.82, 2.24) is 0 Å². The average Bonchev–Trinajstić information content (AvgIpc) is 2.48. The minimum Gasteiger partial charge on any atom is -0.491 e.